The number of primary amides is 1. The molecule has 0 aliphatic carbocycles. The van der Waals surface area contributed by atoms with Crippen molar-refractivity contribution in [2.75, 3.05) is 20.3 Å². The van der Waals surface area contributed by atoms with E-state index in [2.05, 4.69) is 5.32 Å². The normalized spacial score (nSPS) is 14.4. The number of carbonyl (C=O) groups is 1. The van der Waals surface area contributed by atoms with E-state index in [-0.39, 0.29) is 12.5 Å². The van der Waals surface area contributed by atoms with E-state index in [1.54, 1.807) is 7.11 Å². The minimum atomic E-state index is -0.398. The van der Waals surface area contributed by atoms with Crippen molar-refractivity contribution < 1.29 is 9.53 Å². The molecule has 0 unspecified atom stereocenters. The predicted molar refractivity (Wildman–Crippen MR) is 62.9 cm³/mol. The zero-order valence-electron chi connectivity index (χ0n) is 9.69. The van der Waals surface area contributed by atoms with Crippen LogP contribution >= 0.6 is 0 Å². The Labute approximate surface area is 95.8 Å². The van der Waals surface area contributed by atoms with Gasteiger partial charge in [-0.15, -0.1) is 0 Å². The van der Waals surface area contributed by atoms with Crippen LogP contribution in [0.1, 0.15) is 12.5 Å². The first kappa shape index (κ1) is 12.7. The van der Waals surface area contributed by atoms with Crippen LogP contribution in [-0.4, -0.2) is 26.2 Å². The van der Waals surface area contributed by atoms with E-state index in [0.717, 1.165) is 5.56 Å². The first-order chi connectivity index (χ1) is 7.58. The van der Waals surface area contributed by atoms with Crippen LogP contribution in [0.25, 0.3) is 0 Å². The molecule has 4 heteroatoms. The fourth-order valence-electron chi connectivity index (χ4n) is 1.61. The molecule has 1 rings (SSSR count). The summed E-state index contributed by atoms with van der Waals surface area (Å²) in [6.45, 7) is 2.59. The monoisotopic (exact) mass is 222 g/mol. The Bertz CT molecular complexity index is 340. The van der Waals surface area contributed by atoms with Gasteiger partial charge in [0, 0.05) is 7.11 Å². The standard InChI is InChI=1S/C12H18N2O2/c1-12(9-16-2,14-8-11(13)15)10-6-4-3-5-7-10/h3-7,14H,8-9H2,1-2H3,(H2,13,15)/t12-/m0/s1. The molecule has 1 aromatic rings. The quantitative estimate of drug-likeness (QED) is 0.741. The molecular weight excluding hydrogens is 204 g/mol. The predicted octanol–water partition coefficient (Wildman–Crippen LogP) is 0.623. The molecule has 16 heavy (non-hydrogen) atoms. The van der Waals surface area contributed by atoms with Crippen LogP contribution in [0.5, 0.6) is 0 Å². The van der Waals surface area contributed by atoms with Gasteiger partial charge in [0.2, 0.25) is 5.91 Å². The SMILES string of the molecule is COC[C@](C)(NCC(N)=O)c1ccccc1. The van der Waals surface area contributed by atoms with E-state index in [4.69, 9.17) is 10.5 Å². The summed E-state index contributed by atoms with van der Waals surface area (Å²) in [5.74, 6) is -0.377. The highest BCUT2D eigenvalue weighted by Gasteiger charge is 2.26. The maximum atomic E-state index is 10.8. The van der Waals surface area contributed by atoms with E-state index in [0.29, 0.717) is 6.61 Å². The molecule has 0 radical (unpaired) electrons. The first-order valence-electron chi connectivity index (χ1n) is 5.16. The summed E-state index contributed by atoms with van der Waals surface area (Å²) in [5, 5.41) is 3.11. The van der Waals surface area contributed by atoms with Gasteiger partial charge < -0.3 is 10.5 Å². The Balaban J connectivity index is 2.83. The van der Waals surface area contributed by atoms with Crippen LogP contribution < -0.4 is 11.1 Å². The van der Waals surface area contributed by atoms with Gasteiger partial charge in [-0.25, -0.2) is 0 Å². The second-order valence-electron chi connectivity index (χ2n) is 3.95. The maximum Gasteiger partial charge on any atom is 0.231 e. The Kier molecular flexibility index (Phi) is 4.46. The van der Waals surface area contributed by atoms with Crippen LogP contribution in [0.2, 0.25) is 0 Å². The zero-order valence-corrected chi connectivity index (χ0v) is 9.69. The van der Waals surface area contributed by atoms with Crippen LogP contribution in [-0.2, 0) is 15.1 Å². The summed E-state index contributed by atoms with van der Waals surface area (Å²) in [7, 11) is 1.63. The zero-order chi connectivity index (χ0) is 12.0. The summed E-state index contributed by atoms with van der Waals surface area (Å²) in [4.78, 5) is 10.8. The van der Waals surface area contributed by atoms with Crippen molar-refractivity contribution in [2.45, 2.75) is 12.5 Å². The van der Waals surface area contributed by atoms with Crippen LogP contribution in [0.4, 0.5) is 0 Å². The van der Waals surface area contributed by atoms with Crippen molar-refractivity contribution >= 4 is 5.91 Å². The lowest BCUT2D eigenvalue weighted by atomic mass is 9.93. The Morgan fingerprint density at radius 1 is 1.44 bits per heavy atom. The second-order valence-corrected chi connectivity index (χ2v) is 3.95. The average molecular weight is 222 g/mol. The van der Waals surface area contributed by atoms with Gasteiger partial charge in [-0.05, 0) is 12.5 Å². The highest BCUT2D eigenvalue weighted by molar-refractivity contribution is 5.76. The van der Waals surface area contributed by atoms with Crippen LogP contribution in [0, 0.1) is 0 Å². The summed E-state index contributed by atoms with van der Waals surface area (Å²) in [5.41, 5.74) is 5.80. The summed E-state index contributed by atoms with van der Waals surface area (Å²) < 4.78 is 5.18. The van der Waals surface area contributed by atoms with Crippen molar-refractivity contribution in [1.82, 2.24) is 5.32 Å². The number of rotatable bonds is 6. The molecule has 1 atom stereocenters. The lowest BCUT2D eigenvalue weighted by Gasteiger charge is -2.30. The number of amides is 1. The van der Waals surface area contributed by atoms with Gasteiger partial charge in [0.05, 0.1) is 18.7 Å². The largest absolute Gasteiger partial charge is 0.382 e. The number of nitrogens with two attached hydrogens (primary N) is 1. The number of hydrogen-bond acceptors (Lipinski definition) is 3. The minimum absolute atomic E-state index is 0.134. The van der Waals surface area contributed by atoms with Gasteiger partial charge in [-0.1, -0.05) is 30.3 Å². The summed E-state index contributed by atoms with van der Waals surface area (Å²) in [6, 6.07) is 9.84. The highest BCUT2D eigenvalue weighted by Crippen LogP contribution is 2.20. The van der Waals surface area contributed by atoms with Crippen LogP contribution in [0.15, 0.2) is 30.3 Å². The Morgan fingerprint density at radius 3 is 2.56 bits per heavy atom. The summed E-state index contributed by atoms with van der Waals surface area (Å²) >= 11 is 0. The van der Waals surface area contributed by atoms with E-state index < -0.39 is 5.54 Å². The van der Waals surface area contributed by atoms with Crippen LogP contribution in [0.3, 0.4) is 0 Å². The van der Waals surface area contributed by atoms with Gasteiger partial charge in [0.15, 0.2) is 0 Å². The number of nitrogens with one attached hydrogen (secondary N) is 1. The van der Waals surface area contributed by atoms with Gasteiger partial charge in [-0.2, -0.15) is 0 Å². The average Bonchev–Trinajstić information content (AvgIpc) is 2.28. The Hall–Kier alpha value is -1.39. The summed E-state index contributed by atoms with van der Waals surface area (Å²) in [6.07, 6.45) is 0. The third-order valence-electron chi connectivity index (χ3n) is 2.50. The first-order valence-corrected chi connectivity index (χ1v) is 5.16. The molecule has 0 spiro atoms. The highest BCUT2D eigenvalue weighted by atomic mass is 16.5. The molecule has 0 heterocycles. The lowest BCUT2D eigenvalue weighted by molar-refractivity contribution is -0.117. The molecule has 1 aromatic carbocycles. The number of carbonyl (C=O) groups excluding carboxylic acids is 1. The van der Waals surface area contributed by atoms with Crippen molar-refractivity contribution in [2.24, 2.45) is 5.73 Å². The number of methoxy groups -OCH3 is 1. The van der Waals surface area contributed by atoms with Crippen molar-refractivity contribution in [3.8, 4) is 0 Å². The molecule has 0 aromatic heterocycles. The van der Waals surface area contributed by atoms with E-state index in [1.165, 1.54) is 0 Å². The molecule has 3 N–H and O–H groups in total. The molecule has 4 nitrogen and oxygen atoms in total. The molecular formula is C12H18N2O2. The fraction of sp³-hybridized carbons (Fsp3) is 0.417. The number of ether oxygens (including phenoxy) is 1. The molecule has 0 saturated carbocycles. The topological polar surface area (TPSA) is 64.3 Å². The molecule has 0 fully saturated rings. The molecule has 1 amide bonds. The third kappa shape index (κ3) is 3.32. The van der Waals surface area contributed by atoms with Crippen molar-refractivity contribution in [3.05, 3.63) is 35.9 Å². The fourth-order valence-corrected chi connectivity index (χ4v) is 1.61. The second kappa shape index (κ2) is 5.63. The third-order valence-corrected chi connectivity index (χ3v) is 2.50. The van der Waals surface area contributed by atoms with Crippen molar-refractivity contribution in [1.29, 1.82) is 0 Å². The molecule has 88 valence electrons. The number of hydrogen-bond donors (Lipinski definition) is 2. The lowest BCUT2D eigenvalue weighted by Crippen LogP contribution is -2.47. The number of benzene rings is 1. The van der Waals surface area contributed by atoms with Gasteiger partial charge in [0.25, 0.3) is 0 Å². The van der Waals surface area contributed by atoms with E-state index >= 15 is 0 Å². The van der Waals surface area contributed by atoms with Gasteiger partial charge in [-0.3, -0.25) is 10.1 Å². The molecule has 0 bridgehead atoms. The molecule has 0 saturated heterocycles. The smallest absolute Gasteiger partial charge is 0.231 e. The molecule has 0 aliphatic heterocycles. The van der Waals surface area contributed by atoms with E-state index in [9.17, 15) is 4.79 Å². The maximum absolute atomic E-state index is 10.8. The van der Waals surface area contributed by atoms with E-state index in [1.807, 2.05) is 37.3 Å². The molecule has 0 aliphatic rings. The van der Waals surface area contributed by atoms with Gasteiger partial charge >= 0.3 is 0 Å². The van der Waals surface area contributed by atoms with Crippen molar-refractivity contribution in [3.63, 3.8) is 0 Å². The minimum Gasteiger partial charge on any atom is -0.382 e. The Morgan fingerprint density at radius 2 is 2.06 bits per heavy atom. The van der Waals surface area contributed by atoms with Gasteiger partial charge in [0.1, 0.15) is 0 Å².